The monoisotopic (exact) mass is 255 g/mol. The second kappa shape index (κ2) is 6.05. The maximum Gasteiger partial charge on any atom is 0.413 e. The van der Waals surface area contributed by atoms with Crippen LogP contribution in [0.4, 0.5) is 4.79 Å². The Morgan fingerprint density at radius 2 is 1.84 bits per heavy atom. The Kier molecular flexibility index (Phi) is 4.18. The predicted molar refractivity (Wildman–Crippen MR) is 75.2 cm³/mol. The van der Waals surface area contributed by atoms with Gasteiger partial charge in [-0.25, -0.2) is 4.79 Å². The fourth-order valence-electron chi connectivity index (χ4n) is 1.82. The summed E-state index contributed by atoms with van der Waals surface area (Å²) in [6.45, 7) is 3.96. The average Bonchev–Trinajstić information content (AvgIpc) is 2.39. The second-order valence-electron chi connectivity index (χ2n) is 4.48. The molecule has 2 aromatic rings. The minimum atomic E-state index is -0.444. The van der Waals surface area contributed by atoms with Crippen molar-refractivity contribution in [2.45, 2.75) is 19.9 Å². The molecule has 0 radical (unpaired) electrons. The minimum Gasteiger partial charge on any atom is -0.410 e. The third-order valence-corrected chi connectivity index (χ3v) is 2.83. The van der Waals surface area contributed by atoms with Gasteiger partial charge in [-0.15, -0.1) is 0 Å². The number of para-hydroxylation sites is 1. The summed E-state index contributed by atoms with van der Waals surface area (Å²) in [5.41, 5.74) is 2.23. The van der Waals surface area contributed by atoms with E-state index in [4.69, 9.17) is 4.74 Å². The lowest BCUT2D eigenvalue weighted by molar-refractivity contribution is 0.197. The molecule has 1 N–H and O–H groups in total. The van der Waals surface area contributed by atoms with Crippen molar-refractivity contribution in [2.75, 3.05) is 0 Å². The Morgan fingerprint density at radius 1 is 1.11 bits per heavy atom. The van der Waals surface area contributed by atoms with Crippen LogP contribution in [0.1, 0.15) is 24.1 Å². The highest BCUT2D eigenvalue weighted by atomic mass is 16.6. The van der Waals surface area contributed by atoms with E-state index in [2.05, 4.69) is 5.32 Å². The van der Waals surface area contributed by atoms with Gasteiger partial charge in [-0.05, 0) is 31.5 Å². The van der Waals surface area contributed by atoms with E-state index in [-0.39, 0.29) is 6.04 Å². The first-order valence-corrected chi connectivity index (χ1v) is 6.25. The van der Waals surface area contributed by atoms with E-state index in [1.807, 2.05) is 56.3 Å². The molecule has 0 saturated carbocycles. The molecule has 1 atom stereocenters. The van der Waals surface area contributed by atoms with Crippen LogP contribution in [0.2, 0.25) is 0 Å². The summed E-state index contributed by atoms with van der Waals surface area (Å²) in [4.78, 5) is 11.7. The van der Waals surface area contributed by atoms with E-state index < -0.39 is 6.09 Å². The molecule has 2 aromatic carbocycles. The van der Waals surface area contributed by atoms with Gasteiger partial charge in [0, 0.05) is 0 Å². The molecule has 0 aliphatic heterocycles. The molecule has 0 bridgehead atoms. The maximum atomic E-state index is 11.7. The van der Waals surface area contributed by atoms with Crippen LogP contribution in [0, 0.1) is 6.92 Å². The number of carbonyl (C=O) groups excluding carboxylic acids is 1. The third-order valence-electron chi connectivity index (χ3n) is 2.83. The average molecular weight is 255 g/mol. The van der Waals surface area contributed by atoms with Crippen molar-refractivity contribution < 1.29 is 9.53 Å². The number of hydrogen-bond acceptors (Lipinski definition) is 2. The Bertz CT molecular complexity index is 552. The second-order valence-corrected chi connectivity index (χ2v) is 4.48. The van der Waals surface area contributed by atoms with Gasteiger partial charge in [-0.2, -0.15) is 0 Å². The molecule has 0 heterocycles. The number of amides is 1. The van der Waals surface area contributed by atoms with E-state index in [9.17, 15) is 4.79 Å². The summed E-state index contributed by atoms with van der Waals surface area (Å²) < 4.78 is 5.19. The molecule has 2 rings (SSSR count). The molecule has 0 fully saturated rings. The summed E-state index contributed by atoms with van der Waals surface area (Å²) in [5.74, 6) is 0.538. The molecule has 0 unspecified atom stereocenters. The fraction of sp³-hybridized carbons (Fsp3) is 0.188. The van der Waals surface area contributed by atoms with E-state index in [1.54, 1.807) is 12.1 Å². The normalized spacial score (nSPS) is 11.7. The quantitative estimate of drug-likeness (QED) is 0.904. The van der Waals surface area contributed by atoms with Gasteiger partial charge in [0.1, 0.15) is 5.75 Å². The highest BCUT2D eigenvalue weighted by Gasteiger charge is 2.10. The molecule has 0 aliphatic carbocycles. The number of carbonyl (C=O) groups is 1. The predicted octanol–water partition coefficient (Wildman–Crippen LogP) is 3.84. The Labute approximate surface area is 113 Å². The van der Waals surface area contributed by atoms with E-state index >= 15 is 0 Å². The van der Waals surface area contributed by atoms with Crippen molar-refractivity contribution in [3.8, 4) is 5.75 Å². The Morgan fingerprint density at radius 3 is 2.53 bits per heavy atom. The van der Waals surface area contributed by atoms with Crippen molar-refractivity contribution in [3.05, 3.63) is 65.7 Å². The molecule has 98 valence electrons. The highest BCUT2D eigenvalue weighted by Crippen LogP contribution is 2.14. The SMILES string of the molecule is Cc1cccc([C@H](C)NC(=O)Oc2ccccc2)c1. The summed E-state index contributed by atoms with van der Waals surface area (Å²) >= 11 is 0. The summed E-state index contributed by atoms with van der Waals surface area (Å²) in [6.07, 6.45) is -0.444. The van der Waals surface area contributed by atoms with Crippen LogP contribution in [0.5, 0.6) is 5.75 Å². The van der Waals surface area contributed by atoms with Gasteiger partial charge in [0.15, 0.2) is 0 Å². The first kappa shape index (κ1) is 13.1. The van der Waals surface area contributed by atoms with Gasteiger partial charge in [0.25, 0.3) is 0 Å². The van der Waals surface area contributed by atoms with Gasteiger partial charge in [0.05, 0.1) is 6.04 Å². The lowest BCUT2D eigenvalue weighted by Gasteiger charge is -2.14. The lowest BCUT2D eigenvalue weighted by atomic mass is 10.1. The number of benzene rings is 2. The van der Waals surface area contributed by atoms with E-state index in [1.165, 1.54) is 5.56 Å². The maximum absolute atomic E-state index is 11.7. The Balaban J connectivity index is 1.95. The zero-order valence-electron chi connectivity index (χ0n) is 11.1. The minimum absolute atomic E-state index is 0.0869. The molecular formula is C16H17NO2. The number of rotatable bonds is 3. The van der Waals surface area contributed by atoms with Gasteiger partial charge >= 0.3 is 6.09 Å². The first-order valence-electron chi connectivity index (χ1n) is 6.25. The summed E-state index contributed by atoms with van der Waals surface area (Å²) in [7, 11) is 0. The first-order chi connectivity index (χ1) is 9.15. The van der Waals surface area contributed by atoms with Gasteiger partial charge in [0.2, 0.25) is 0 Å². The smallest absolute Gasteiger partial charge is 0.410 e. The van der Waals surface area contributed by atoms with Crippen molar-refractivity contribution in [1.82, 2.24) is 5.32 Å². The molecule has 0 aliphatic rings. The van der Waals surface area contributed by atoms with E-state index in [0.29, 0.717) is 5.75 Å². The third kappa shape index (κ3) is 3.85. The lowest BCUT2D eigenvalue weighted by Crippen LogP contribution is -2.29. The van der Waals surface area contributed by atoms with Crippen LogP contribution in [-0.2, 0) is 0 Å². The van der Waals surface area contributed by atoms with Crippen molar-refractivity contribution in [1.29, 1.82) is 0 Å². The van der Waals surface area contributed by atoms with Crippen molar-refractivity contribution in [2.24, 2.45) is 0 Å². The fourth-order valence-corrected chi connectivity index (χ4v) is 1.82. The molecular weight excluding hydrogens is 238 g/mol. The standard InChI is InChI=1S/C16H17NO2/c1-12-7-6-8-14(11-12)13(2)17-16(18)19-15-9-4-3-5-10-15/h3-11,13H,1-2H3,(H,17,18)/t13-/m0/s1. The molecule has 1 amide bonds. The Hall–Kier alpha value is -2.29. The van der Waals surface area contributed by atoms with Crippen LogP contribution in [-0.4, -0.2) is 6.09 Å². The van der Waals surface area contributed by atoms with E-state index in [0.717, 1.165) is 5.56 Å². The van der Waals surface area contributed by atoms with Gasteiger partial charge < -0.3 is 10.1 Å². The summed E-state index contributed by atoms with van der Waals surface area (Å²) in [6, 6.07) is 17.0. The number of ether oxygens (including phenoxy) is 1. The number of hydrogen-bond donors (Lipinski definition) is 1. The van der Waals surface area contributed by atoms with Crippen LogP contribution in [0.25, 0.3) is 0 Å². The van der Waals surface area contributed by atoms with Crippen LogP contribution < -0.4 is 10.1 Å². The molecule has 3 heteroatoms. The van der Waals surface area contributed by atoms with Crippen molar-refractivity contribution >= 4 is 6.09 Å². The van der Waals surface area contributed by atoms with Crippen LogP contribution >= 0.6 is 0 Å². The largest absolute Gasteiger partial charge is 0.413 e. The molecule has 0 saturated heterocycles. The molecule has 19 heavy (non-hydrogen) atoms. The molecule has 0 spiro atoms. The van der Waals surface area contributed by atoms with Crippen LogP contribution in [0.15, 0.2) is 54.6 Å². The zero-order chi connectivity index (χ0) is 13.7. The number of nitrogens with one attached hydrogen (secondary N) is 1. The topological polar surface area (TPSA) is 38.3 Å². The van der Waals surface area contributed by atoms with Gasteiger partial charge in [-0.1, -0.05) is 48.0 Å². The highest BCUT2D eigenvalue weighted by molar-refractivity contribution is 5.70. The van der Waals surface area contributed by atoms with Crippen molar-refractivity contribution in [3.63, 3.8) is 0 Å². The zero-order valence-corrected chi connectivity index (χ0v) is 11.1. The van der Waals surface area contributed by atoms with Crippen LogP contribution in [0.3, 0.4) is 0 Å². The molecule has 3 nitrogen and oxygen atoms in total. The van der Waals surface area contributed by atoms with Gasteiger partial charge in [-0.3, -0.25) is 0 Å². The molecule has 0 aromatic heterocycles. The number of aryl methyl sites for hydroxylation is 1. The summed E-state index contributed by atoms with van der Waals surface area (Å²) in [5, 5.41) is 2.81.